The van der Waals surface area contributed by atoms with E-state index in [1.54, 1.807) is 11.3 Å². The zero-order valence-corrected chi connectivity index (χ0v) is 11.8. The van der Waals surface area contributed by atoms with Gasteiger partial charge in [-0.05, 0) is 31.7 Å². The first kappa shape index (κ1) is 12.6. The van der Waals surface area contributed by atoms with Gasteiger partial charge in [0.25, 0.3) is 0 Å². The molecule has 0 amide bonds. The molecule has 1 saturated carbocycles. The predicted octanol–water partition coefficient (Wildman–Crippen LogP) is 2.85. The van der Waals surface area contributed by atoms with Gasteiger partial charge in [0, 0.05) is 4.88 Å². The van der Waals surface area contributed by atoms with Gasteiger partial charge in [-0.15, -0.1) is 11.3 Å². The van der Waals surface area contributed by atoms with E-state index in [2.05, 4.69) is 28.4 Å². The van der Waals surface area contributed by atoms with E-state index >= 15 is 0 Å². The molecule has 6 heteroatoms. The number of nitrogen functional groups attached to an aromatic ring is 1. The number of nitrogens with zero attached hydrogens (tertiary/aromatic N) is 2. The molecule has 102 valence electrons. The van der Waals surface area contributed by atoms with Crippen LogP contribution in [0.4, 0.5) is 5.95 Å². The van der Waals surface area contributed by atoms with Gasteiger partial charge in [-0.1, -0.05) is 12.8 Å². The first-order valence-corrected chi connectivity index (χ1v) is 7.45. The number of ether oxygens (including phenoxy) is 1. The molecule has 0 saturated heterocycles. The Bertz CT molecular complexity index is 577. The maximum absolute atomic E-state index is 5.92. The third kappa shape index (κ3) is 2.64. The zero-order chi connectivity index (χ0) is 13.2. The summed E-state index contributed by atoms with van der Waals surface area (Å²) in [6.45, 7) is 2.80. The number of hydrogen-bond acceptors (Lipinski definition) is 6. The van der Waals surface area contributed by atoms with Crippen molar-refractivity contribution in [2.75, 3.05) is 12.0 Å². The summed E-state index contributed by atoms with van der Waals surface area (Å²) in [6, 6.07) is 2.07. The van der Waals surface area contributed by atoms with E-state index in [1.165, 1.54) is 30.6 Å². The lowest BCUT2D eigenvalue weighted by atomic mass is 10.1. The van der Waals surface area contributed by atoms with E-state index in [0.717, 1.165) is 16.8 Å². The molecule has 1 aliphatic carbocycles. The number of anilines is 1. The Morgan fingerprint density at radius 3 is 2.95 bits per heavy atom. The van der Waals surface area contributed by atoms with E-state index in [9.17, 15) is 0 Å². The van der Waals surface area contributed by atoms with Crippen LogP contribution in [-0.2, 0) is 0 Å². The molecule has 0 radical (unpaired) electrons. The van der Waals surface area contributed by atoms with Gasteiger partial charge in [0.1, 0.15) is 4.83 Å². The first-order valence-electron chi connectivity index (χ1n) is 6.64. The summed E-state index contributed by atoms with van der Waals surface area (Å²) in [4.78, 5) is 10.8. The molecule has 0 unspecified atom stereocenters. The van der Waals surface area contributed by atoms with Crippen LogP contribution in [0.1, 0.15) is 30.6 Å². The topological polar surface area (TPSA) is 73.1 Å². The van der Waals surface area contributed by atoms with Crippen molar-refractivity contribution in [3.8, 4) is 5.88 Å². The molecule has 2 aromatic heterocycles. The monoisotopic (exact) mass is 278 g/mol. The van der Waals surface area contributed by atoms with E-state index in [-0.39, 0.29) is 0 Å². The highest BCUT2D eigenvalue weighted by Gasteiger charge is 2.17. The second-order valence-electron chi connectivity index (χ2n) is 5.03. The third-order valence-electron chi connectivity index (χ3n) is 3.54. The smallest absolute Gasteiger partial charge is 0.241 e. The summed E-state index contributed by atoms with van der Waals surface area (Å²) >= 11 is 1.63. The molecule has 1 aliphatic rings. The van der Waals surface area contributed by atoms with Crippen molar-refractivity contribution in [3.05, 3.63) is 10.9 Å². The molecule has 2 heterocycles. The van der Waals surface area contributed by atoms with Crippen LogP contribution in [0.5, 0.6) is 5.88 Å². The van der Waals surface area contributed by atoms with Crippen molar-refractivity contribution >= 4 is 27.5 Å². The summed E-state index contributed by atoms with van der Waals surface area (Å²) in [6.07, 6.45) is 5.17. The van der Waals surface area contributed by atoms with Crippen molar-refractivity contribution in [1.29, 1.82) is 0 Å². The highest BCUT2D eigenvalue weighted by Crippen LogP contribution is 2.32. The number of hydrazine groups is 1. The largest absolute Gasteiger partial charge is 0.477 e. The number of fused-ring (bicyclic) bond motifs is 1. The van der Waals surface area contributed by atoms with Crippen molar-refractivity contribution in [3.63, 3.8) is 0 Å². The molecular formula is C13H18N4OS. The van der Waals surface area contributed by atoms with Gasteiger partial charge in [-0.3, -0.25) is 5.43 Å². The standard InChI is InChI=1S/C13H18N4OS/c1-8-6-10-11(18-7-9-4-2-3-5-9)15-13(17-14)16-12(10)19-8/h6,9H,2-5,7,14H2,1H3,(H,15,16,17). The number of nitrogens with one attached hydrogen (secondary N) is 1. The van der Waals surface area contributed by atoms with Crippen molar-refractivity contribution in [1.82, 2.24) is 9.97 Å². The van der Waals surface area contributed by atoms with Gasteiger partial charge in [-0.2, -0.15) is 4.98 Å². The van der Waals surface area contributed by atoms with Crippen LogP contribution in [0.2, 0.25) is 0 Å². The SMILES string of the molecule is Cc1cc2c(OCC3CCCC3)nc(NN)nc2s1. The fraction of sp³-hybridized carbons (Fsp3) is 0.538. The average Bonchev–Trinajstić information content (AvgIpc) is 3.03. The highest BCUT2D eigenvalue weighted by molar-refractivity contribution is 7.18. The van der Waals surface area contributed by atoms with Crippen molar-refractivity contribution < 1.29 is 4.74 Å². The summed E-state index contributed by atoms with van der Waals surface area (Å²) < 4.78 is 5.92. The lowest BCUT2D eigenvalue weighted by molar-refractivity contribution is 0.246. The first-order chi connectivity index (χ1) is 9.26. The molecule has 0 aromatic carbocycles. The molecule has 1 fully saturated rings. The second kappa shape index (κ2) is 5.30. The van der Waals surface area contributed by atoms with Crippen LogP contribution in [0, 0.1) is 12.8 Å². The Kier molecular flexibility index (Phi) is 3.52. The number of hydrogen-bond donors (Lipinski definition) is 2. The molecule has 3 N–H and O–H groups in total. The Morgan fingerprint density at radius 1 is 1.42 bits per heavy atom. The van der Waals surface area contributed by atoms with Gasteiger partial charge in [0.15, 0.2) is 0 Å². The summed E-state index contributed by atoms with van der Waals surface area (Å²) in [7, 11) is 0. The quantitative estimate of drug-likeness (QED) is 0.664. The minimum absolute atomic E-state index is 0.413. The Morgan fingerprint density at radius 2 is 2.21 bits per heavy atom. The fourth-order valence-corrected chi connectivity index (χ4v) is 3.43. The van der Waals surface area contributed by atoms with Crippen LogP contribution in [-0.4, -0.2) is 16.6 Å². The van der Waals surface area contributed by atoms with E-state index in [1.807, 2.05) is 0 Å². The molecule has 0 spiro atoms. The van der Waals surface area contributed by atoms with Gasteiger partial charge >= 0.3 is 0 Å². The molecule has 5 nitrogen and oxygen atoms in total. The summed E-state index contributed by atoms with van der Waals surface area (Å²) in [5, 5.41) is 0.986. The Labute approximate surface area is 116 Å². The van der Waals surface area contributed by atoms with E-state index < -0.39 is 0 Å². The Balaban J connectivity index is 1.86. The van der Waals surface area contributed by atoms with E-state index in [0.29, 0.717) is 17.7 Å². The van der Waals surface area contributed by atoms with Crippen LogP contribution in [0.25, 0.3) is 10.2 Å². The Hall–Kier alpha value is -1.40. The predicted molar refractivity (Wildman–Crippen MR) is 77.4 cm³/mol. The average molecular weight is 278 g/mol. The van der Waals surface area contributed by atoms with Crippen molar-refractivity contribution in [2.45, 2.75) is 32.6 Å². The minimum Gasteiger partial charge on any atom is -0.477 e. The number of nitrogens with two attached hydrogens (primary N) is 1. The maximum Gasteiger partial charge on any atom is 0.241 e. The summed E-state index contributed by atoms with van der Waals surface area (Å²) in [5.41, 5.74) is 2.50. The van der Waals surface area contributed by atoms with Gasteiger partial charge < -0.3 is 4.74 Å². The zero-order valence-electron chi connectivity index (χ0n) is 11.0. The summed E-state index contributed by atoms with van der Waals surface area (Å²) in [5.74, 6) is 7.13. The molecule has 0 aliphatic heterocycles. The van der Waals surface area contributed by atoms with Crippen LogP contribution < -0.4 is 16.0 Å². The lowest BCUT2D eigenvalue weighted by Crippen LogP contribution is -2.13. The highest BCUT2D eigenvalue weighted by atomic mass is 32.1. The molecule has 0 atom stereocenters. The van der Waals surface area contributed by atoms with Crippen LogP contribution in [0.15, 0.2) is 6.07 Å². The molecular weight excluding hydrogens is 260 g/mol. The van der Waals surface area contributed by atoms with Gasteiger partial charge in [-0.25, -0.2) is 10.8 Å². The van der Waals surface area contributed by atoms with Gasteiger partial charge in [0.05, 0.1) is 12.0 Å². The molecule has 2 aromatic rings. The van der Waals surface area contributed by atoms with Crippen molar-refractivity contribution in [2.24, 2.45) is 11.8 Å². The normalized spacial score (nSPS) is 16.1. The third-order valence-corrected chi connectivity index (χ3v) is 4.48. The fourth-order valence-electron chi connectivity index (χ4n) is 2.56. The lowest BCUT2D eigenvalue weighted by Gasteiger charge is -2.11. The minimum atomic E-state index is 0.413. The van der Waals surface area contributed by atoms with Gasteiger partial charge in [0.2, 0.25) is 11.8 Å². The molecule has 3 rings (SSSR count). The van der Waals surface area contributed by atoms with E-state index in [4.69, 9.17) is 10.6 Å². The number of aromatic nitrogens is 2. The maximum atomic E-state index is 5.92. The molecule has 19 heavy (non-hydrogen) atoms. The second-order valence-corrected chi connectivity index (χ2v) is 6.27. The van der Waals surface area contributed by atoms with Crippen LogP contribution >= 0.6 is 11.3 Å². The molecule has 0 bridgehead atoms. The van der Waals surface area contributed by atoms with Crippen LogP contribution in [0.3, 0.4) is 0 Å². The number of rotatable bonds is 4. The number of aryl methyl sites for hydroxylation is 1. The number of thiophene rings is 1.